The Morgan fingerprint density at radius 2 is 1.81 bits per heavy atom. The molecule has 2 amide bonds. The Morgan fingerprint density at radius 1 is 1.16 bits per heavy atom. The number of benzene rings is 2. The molecule has 0 saturated carbocycles. The predicted octanol–water partition coefficient (Wildman–Crippen LogP) is 2.80. The fraction of sp³-hybridized carbons (Fsp3) is 0.333. The lowest BCUT2D eigenvalue weighted by Gasteiger charge is -2.31. The van der Waals surface area contributed by atoms with Crippen molar-refractivity contribution in [3.63, 3.8) is 0 Å². The van der Waals surface area contributed by atoms with Crippen LogP contribution in [-0.2, 0) is 26.2 Å². The van der Waals surface area contributed by atoms with Gasteiger partial charge in [-0.15, -0.1) is 0 Å². The second-order valence-electron chi connectivity index (χ2n) is 6.97. The molecule has 2 aromatic rings. The third-order valence-corrected chi connectivity index (χ3v) is 5.93. The number of hydrogen-bond donors (Lipinski definition) is 1. The van der Waals surface area contributed by atoms with Crippen molar-refractivity contribution in [1.29, 1.82) is 0 Å². The van der Waals surface area contributed by atoms with Gasteiger partial charge in [0.2, 0.25) is 21.8 Å². The summed E-state index contributed by atoms with van der Waals surface area (Å²) < 4.78 is 38.9. The summed E-state index contributed by atoms with van der Waals surface area (Å²) in [5.41, 5.74) is 0.829. The van der Waals surface area contributed by atoms with E-state index in [2.05, 4.69) is 5.32 Å². The van der Waals surface area contributed by atoms with Gasteiger partial charge >= 0.3 is 0 Å². The van der Waals surface area contributed by atoms with Gasteiger partial charge in [0.15, 0.2) is 0 Å². The number of nitrogens with zero attached hydrogens (tertiary/aromatic N) is 2. The highest BCUT2D eigenvalue weighted by Gasteiger charge is 2.29. The van der Waals surface area contributed by atoms with E-state index < -0.39 is 34.3 Å². The molecule has 0 heterocycles. The first-order valence-electron chi connectivity index (χ1n) is 9.57. The number of likely N-dealkylation sites (N-methyl/N-ethyl adjacent to an activating group) is 1. The average molecular weight is 470 g/mol. The number of carbonyl (C=O) groups is 2. The van der Waals surface area contributed by atoms with Crippen molar-refractivity contribution in [2.24, 2.45) is 0 Å². The minimum Gasteiger partial charge on any atom is -0.355 e. The van der Waals surface area contributed by atoms with E-state index in [1.165, 1.54) is 17.0 Å². The number of rotatable bonds is 9. The minimum atomic E-state index is -3.85. The Labute approximate surface area is 186 Å². The summed E-state index contributed by atoms with van der Waals surface area (Å²) in [7, 11) is -3.85. The molecule has 7 nitrogen and oxygen atoms in total. The SMILES string of the molecule is CCNC(=O)[C@H](C)N(Cc1cccc(Cl)c1)C(=O)CN(c1ccc(F)cc1)S(C)(=O)=O. The van der Waals surface area contributed by atoms with Crippen LogP contribution in [0.3, 0.4) is 0 Å². The fourth-order valence-corrected chi connectivity index (χ4v) is 4.02. The van der Waals surface area contributed by atoms with Gasteiger partial charge in [-0.2, -0.15) is 0 Å². The van der Waals surface area contributed by atoms with Gasteiger partial charge in [0.1, 0.15) is 18.4 Å². The maximum atomic E-state index is 13.3. The maximum absolute atomic E-state index is 13.3. The van der Waals surface area contributed by atoms with Gasteiger partial charge < -0.3 is 10.2 Å². The van der Waals surface area contributed by atoms with Crippen LogP contribution in [0.5, 0.6) is 0 Å². The van der Waals surface area contributed by atoms with Crippen LogP contribution < -0.4 is 9.62 Å². The molecule has 0 bridgehead atoms. The summed E-state index contributed by atoms with van der Waals surface area (Å²) in [5, 5.41) is 3.14. The molecule has 0 aliphatic carbocycles. The quantitative estimate of drug-likeness (QED) is 0.611. The molecular weight excluding hydrogens is 445 g/mol. The van der Waals surface area contributed by atoms with E-state index in [0.29, 0.717) is 17.1 Å². The molecule has 0 radical (unpaired) electrons. The van der Waals surface area contributed by atoms with Crippen LogP contribution in [0.4, 0.5) is 10.1 Å². The molecule has 1 N–H and O–H groups in total. The van der Waals surface area contributed by atoms with Crippen molar-refractivity contribution in [1.82, 2.24) is 10.2 Å². The molecule has 1 atom stereocenters. The molecule has 0 aromatic heterocycles. The molecule has 0 fully saturated rings. The first-order chi connectivity index (χ1) is 14.5. The summed E-state index contributed by atoms with van der Waals surface area (Å²) in [6.45, 7) is 3.21. The largest absolute Gasteiger partial charge is 0.355 e. The van der Waals surface area contributed by atoms with Crippen LogP contribution in [0.1, 0.15) is 19.4 Å². The monoisotopic (exact) mass is 469 g/mol. The zero-order valence-electron chi connectivity index (χ0n) is 17.5. The zero-order chi connectivity index (χ0) is 23.2. The van der Waals surface area contributed by atoms with Gasteiger partial charge in [0.25, 0.3) is 0 Å². The Bertz CT molecular complexity index is 1030. The Balaban J connectivity index is 2.37. The highest BCUT2D eigenvalue weighted by Crippen LogP contribution is 2.20. The van der Waals surface area contributed by atoms with E-state index in [1.807, 2.05) is 0 Å². The summed E-state index contributed by atoms with van der Waals surface area (Å²) in [5.74, 6) is -1.49. The molecule has 0 aliphatic rings. The zero-order valence-corrected chi connectivity index (χ0v) is 19.1. The molecule has 31 heavy (non-hydrogen) atoms. The van der Waals surface area contributed by atoms with Crippen molar-refractivity contribution in [3.05, 3.63) is 64.9 Å². The second kappa shape index (κ2) is 10.6. The van der Waals surface area contributed by atoms with Crippen molar-refractivity contribution in [3.8, 4) is 0 Å². The first-order valence-corrected chi connectivity index (χ1v) is 11.8. The summed E-state index contributed by atoms with van der Waals surface area (Å²) in [6, 6.07) is 10.7. The molecular formula is C21H25ClFN3O4S. The smallest absolute Gasteiger partial charge is 0.244 e. The number of hydrogen-bond acceptors (Lipinski definition) is 4. The highest BCUT2D eigenvalue weighted by atomic mass is 35.5. The summed E-state index contributed by atoms with van der Waals surface area (Å²) >= 11 is 6.04. The molecule has 0 aliphatic heterocycles. The molecule has 168 valence electrons. The molecule has 10 heteroatoms. The standard InChI is InChI=1S/C21H25ClFN3O4S/c1-4-24-21(28)15(2)25(13-16-6-5-7-17(22)12-16)20(27)14-26(31(3,29)30)19-10-8-18(23)9-11-19/h5-12,15H,4,13-14H2,1-3H3,(H,24,28)/t15-/m0/s1. The third kappa shape index (κ3) is 6.93. The topological polar surface area (TPSA) is 86.8 Å². The second-order valence-corrected chi connectivity index (χ2v) is 9.31. The first kappa shape index (κ1) is 24.6. The number of sulfonamides is 1. The van der Waals surface area contributed by atoms with Gasteiger partial charge in [-0.25, -0.2) is 12.8 Å². The molecule has 0 spiro atoms. The lowest BCUT2D eigenvalue weighted by atomic mass is 10.1. The summed E-state index contributed by atoms with van der Waals surface area (Å²) in [6.07, 6.45) is 0.957. The van der Waals surface area contributed by atoms with Crippen LogP contribution >= 0.6 is 11.6 Å². The molecule has 0 saturated heterocycles. The molecule has 2 aromatic carbocycles. The Hall–Kier alpha value is -2.65. The van der Waals surface area contributed by atoms with Gasteiger partial charge in [-0.1, -0.05) is 23.7 Å². The molecule has 2 rings (SSSR count). The lowest BCUT2D eigenvalue weighted by molar-refractivity contribution is -0.139. The van der Waals surface area contributed by atoms with Crippen LogP contribution in [-0.4, -0.2) is 50.5 Å². The van der Waals surface area contributed by atoms with Gasteiger partial charge in [0.05, 0.1) is 11.9 Å². The van der Waals surface area contributed by atoms with Crippen molar-refractivity contribution >= 4 is 39.1 Å². The van der Waals surface area contributed by atoms with Crippen LogP contribution in [0.2, 0.25) is 5.02 Å². The number of amides is 2. The van der Waals surface area contributed by atoms with Gasteiger partial charge in [-0.05, 0) is 55.8 Å². The third-order valence-electron chi connectivity index (χ3n) is 4.55. The normalized spacial score (nSPS) is 12.2. The number of halogens is 2. The number of anilines is 1. The lowest BCUT2D eigenvalue weighted by Crippen LogP contribution is -2.51. The number of carbonyl (C=O) groups excluding carboxylic acids is 2. The van der Waals surface area contributed by atoms with Crippen LogP contribution in [0, 0.1) is 5.82 Å². The van der Waals surface area contributed by atoms with E-state index >= 15 is 0 Å². The van der Waals surface area contributed by atoms with E-state index in [-0.39, 0.29) is 18.1 Å². The van der Waals surface area contributed by atoms with Crippen molar-refractivity contribution < 1.29 is 22.4 Å². The highest BCUT2D eigenvalue weighted by molar-refractivity contribution is 7.92. The summed E-state index contributed by atoms with van der Waals surface area (Å²) in [4.78, 5) is 26.9. The number of nitrogens with one attached hydrogen (secondary N) is 1. The van der Waals surface area contributed by atoms with Crippen molar-refractivity contribution in [2.45, 2.75) is 26.4 Å². The van der Waals surface area contributed by atoms with E-state index in [4.69, 9.17) is 11.6 Å². The maximum Gasteiger partial charge on any atom is 0.244 e. The average Bonchev–Trinajstić information content (AvgIpc) is 2.70. The van der Waals surface area contributed by atoms with Gasteiger partial charge in [-0.3, -0.25) is 13.9 Å². The fourth-order valence-electron chi connectivity index (χ4n) is 2.96. The van der Waals surface area contributed by atoms with E-state index in [9.17, 15) is 22.4 Å². The Kier molecular flexibility index (Phi) is 8.41. The van der Waals surface area contributed by atoms with E-state index in [1.54, 1.807) is 38.1 Å². The minimum absolute atomic E-state index is 0.0543. The Morgan fingerprint density at radius 3 is 2.35 bits per heavy atom. The predicted molar refractivity (Wildman–Crippen MR) is 119 cm³/mol. The van der Waals surface area contributed by atoms with Crippen molar-refractivity contribution in [2.75, 3.05) is 23.7 Å². The van der Waals surface area contributed by atoms with Crippen LogP contribution in [0.25, 0.3) is 0 Å². The van der Waals surface area contributed by atoms with E-state index in [0.717, 1.165) is 22.7 Å². The van der Waals surface area contributed by atoms with Gasteiger partial charge in [0, 0.05) is 18.1 Å². The van der Waals surface area contributed by atoms with Crippen LogP contribution in [0.15, 0.2) is 48.5 Å². The molecule has 0 unspecified atom stereocenters.